The summed E-state index contributed by atoms with van der Waals surface area (Å²) in [4.78, 5) is 0. The molecule has 0 saturated carbocycles. The van der Waals surface area contributed by atoms with Gasteiger partial charge in [-0.15, -0.1) is 0 Å². The monoisotopic (exact) mass is 265 g/mol. The molecule has 2 heteroatoms. The van der Waals surface area contributed by atoms with Crippen LogP contribution in [0.5, 0.6) is 5.75 Å². The Hall–Kier alpha value is -1.80. The van der Waals surface area contributed by atoms with Crippen LogP contribution in [-0.2, 0) is 0 Å². The standard InChI is InChI=1S/C17H21NO/c1-14-8-6-7-11-16(14)19-17(12-13-18-2)15-9-4-3-5-10-15/h3-11,17-18H,12-13H2,1-2H3/i1D3,2D3,12D2,13D2. The Bertz CT molecular complexity index is 817. The lowest BCUT2D eigenvalue weighted by Crippen LogP contribution is -2.16. The molecule has 2 aromatic rings. The van der Waals surface area contributed by atoms with Crippen molar-refractivity contribution in [1.29, 1.82) is 0 Å². The number of aryl methyl sites for hydroxylation is 1. The average molecular weight is 265 g/mol. The molecule has 0 aliphatic carbocycles. The fraction of sp³-hybridized carbons (Fsp3) is 0.294. The summed E-state index contributed by atoms with van der Waals surface area (Å²) in [5.74, 6) is -0.144. The second kappa shape index (κ2) is 6.95. The van der Waals surface area contributed by atoms with E-state index in [4.69, 9.17) is 18.4 Å². The van der Waals surface area contributed by atoms with E-state index in [1.54, 1.807) is 23.5 Å². The Balaban J connectivity index is 2.56. The van der Waals surface area contributed by atoms with E-state index in [1.807, 2.05) is 0 Å². The van der Waals surface area contributed by atoms with Gasteiger partial charge in [0.1, 0.15) is 11.9 Å². The van der Waals surface area contributed by atoms with E-state index in [-0.39, 0.29) is 16.9 Å². The van der Waals surface area contributed by atoms with E-state index in [2.05, 4.69) is 0 Å². The number of hydrogen-bond acceptors (Lipinski definition) is 2. The zero-order valence-corrected chi connectivity index (χ0v) is 10.2. The molecule has 1 N–H and O–H groups in total. The van der Waals surface area contributed by atoms with Crippen LogP contribution in [0, 0.1) is 6.85 Å². The Kier molecular flexibility index (Phi) is 2.08. The molecular formula is C17H21NO. The predicted octanol–water partition coefficient (Wildman–Crippen LogP) is 3.72. The molecule has 1 atom stereocenters. The van der Waals surface area contributed by atoms with Crippen molar-refractivity contribution >= 4 is 0 Å². The highest BCUT2D eigenvalue weighted by Crippen LogP contribution is 2.26. The first-order valence-electron chi connectivity index (χ1n) is 10.8. The minimum atomic E-state index is -3.03. The van der Waals surface area contributed by atoms with E-state index in [9.17, 15) is 0 Å². The molecule has 0 aliphatic rings. The maximum Gasteiger partial charge on any atom is 0.125 e. The zero-order valence-electron chi connectivity index (χ0n) is 20.2. The van der Waals surface area contributed by atoms with Crippen LogP contribution < -0.4 is 10.1 Å². The lowest BCUT2D eigenvalue weighted by Gasteiger charge is -2.20. The Morgan fingerprint density at radius 1 is 1.16 bits per heavy atom. The number of rotatable bonds is 6. The van der Waals surface area contributed by atoms with Gasteiger partial charge < -0.3 is 10.1 Å². The molecule has 0 bridgehead atoms. The summed E-state index contributed by atoms with van der Waals surface area (Å²) in [6.45, 7) is -8.52. The zero-order chi connectivity index (χ0) is 22.1. The highest BCUT2D eigenvalue weighted by molar-refractivity contribution is 5.33. The van der Waals surface area contributed by atoms with E-state index in [0.29, 0.717) is 0 Å². The van der Waals surface area contributed by atoms with E-state index in [1.165, 1.54) is 36.4 Å². The number of nitrogens with one attached hydrogen (secondary N) is 1. The van der Waals surface area contributed by atoms with Crippen LogP contribution in [-0.4, -0.2) is 13.5 Å². The van der Waals surface area contributed by atoms with Crippen LogP contribution >= 0.6 is 0 Å². The maximum atomic E-state index is 8.39. The van der Waals surface area contributed by atoms with Crippen molar-refractivity contribution in [2.45, 2.75) is 19.3 Å². The molecule has 2 nitrogen and oxygen atoms in total. The molecule has 1 unspecified atom stereocenters. The van der Waals surface area contributed by atoms with Crippen LogP contribution in [0.15, 0.2) is 54.6 Å². The van der Waals surface area contributed by atoms with Crippen LogP contribution in [0.2, 0.25) is 0 Å². The van der Waals surface area contributed by atoms with Crippen molar-refractivity contribution in [3.05, 3.63) is 65.7 Å². The third kappa shape index (κ3) is 3.83. The highest BCUT2D eigenvalue weighted by Gasteiger charge is 2.13. The van der Waals surface area contributed by atoms with Crippen LogP contribution in [0.1, 0.15) is 37.3 Å². The molecule has 0 amide bonds. The third-order valence-electron chi connectivity index (χ3n) is 2.50. The molecule has 0 heterocycles. The van der Waals surface area contributed by atoms with Gasteiger partial charge >= 0.3 is 0 Å². The van der Waals surface area contributed by atoms with E-state index >= 15 is 0 Å². The summed E-state index contributed by atoms with van der Waals surface area (Å²) < 4.78 is 83.3. The Morgan fingerprint density at radius 2 is 1.95 bits per heavy atom. The lowest BCUT2D eigenvalue weighted by molar-refractivity contribution is 0.193. The summed E-state index contributed by atoms with van der Waals surface area (Å²) in [6.07, 6.45) is -4.54. The largest absolute Gasteiger partial charge is 0.485 e. The van der Waals surface area contributed by atoms with Crippen molar-refractivity contribution in [1.82, 2.24) is 5.32 Å². The van der Waals surface area contributed by atoms with Crippen molar-refractivity contribution < 1.29 is 18.4 Å². The fourth-order valence-electron chi connectivity index (χ4n) is 1.61. The topological polar surface area (TPSA) is 21.3 Å². The van der Waals surface area contributed by atoms with Crippen molar-refractivity contribution in [3.63, 3.8) is 0 Å². The fourth-order valence-corrected chi connectivity index (χ4v) is 1.61. The van der Waals surface area contributed by atoms with E-state index < -0.39 is 32.8 Å². The Labute approximate surface area is 129 Å². The van der Waals surface area contributed by atoms with E-state index in [0.717, 1.165) is 0 Å². The molecule has 0 aliphatic heterocycles. The molecule has 0 radical (unpaired) electrons. The van der Waals surface area contributed by atoms with Gasteiger partial charge in [0, 0.05) is 20.1 Å². The number of hydrogen-bond donors (Lipinski definition) is 1. The minimum Gasteiger partial charge on any atom is -0.485 e. The molecule has 2 rings (SSSR count). The van der Waals surface area contributed by atoms with Gasteiger partial charge in [0.15, 0.2) is 0 Å². The van der Waals surface area contributed by atoms with Gasteiger partial charge in [-0.1, -0.05) is 48.5 Å². The van der Waals surface area contributed by atoms with Gasteiger partial charge in [0.2, 0.25) is 0 Å². The molecule has 0 saturated heterocycles. The predicted molar refractivity (Wildman–Crippen MR) is 79.5 cm³/mol. The van der Waals surface area contributed by atoms with Gasteiger partial charge in [-0.05, 0) is 37.5 Å². The maximum absolute atomic E-state index is 8.39. The number of ether oxygens (including phenoxy) is 1. The van der Waals surface area contributed by atoms with Crippen LogP contribution in [0.25, 0.3) is 0 Å². The summed E-state index contributed by atoms with van der Waals surface area (Å²) in [6, 6.07) is 13.5. The van der Waals surface area contributed by atoms with Gasteiger partial charge in [0.05, 0.1) is 0 Å². The normalized spacial score (nSPS) is 22.7. The van der Waals surface area contributed by atoms with Crippen LogP contribution in [0.3, 0.4) is 0 Å². The number of para-hydroxylation sites is 1. The molecule has 0 fully saturated rings. The summed E-state index contributed by atoms with van der Waals surface area (Å²) in [7, 11) is 0. The summed E-state index contributed by atoms with van der Waals surface area (Å²) in [5.41, 5.74) is 0.0511. The SMILES string of the molecule is [2H]C([2H])([2H])NC([2H])([2H])C([2H])([2H])C(Oc1ccccc1C([2H])([2H])[2H])c1ccccc1. The highest BCUT2D eigenvalue weighted by atomic mass is 16.5. The van der Waals surface area contributed by atoms with Crippen molar-refractivity contribution in [3.8, 4) is 5.75 Å². The van der Waals surface area contributed by atoms with Crippen molar-refractivity contribution in [2.75, 3.05) is 13.5 Å². The minimum absolute atomic E-state index is 0.144. The van der Waals surface area contributed by atoms with Gasteiger partial charge in [-0.3, -0.25) is 0 Å². The molecule has 0 spiro atoms. The average Bonchev–Trinajstić information content (AvgIpc) is 2.57. The smallest absolute Gasteiger partial charge is 0.125 e. The van der Waals surface area contributed by atoms with Crippen LogP contribution in [0.4, 0.5) is 0 Å². The molecule has 2 aromatic carbocycles. The number of benzene rings is 2. The molecule has 0 aromatic heterocycles. The third-order valence-corrected chi connectivity index (χ3v) is 2.50. The second-order valence-corrected chi connectivity index (χ2v) is 3.80. The summed E-state index contributed by atoms with van der Waals surface area (Å²) >= 11 is 0. The first-order chi connectivity index (χ1) is 13.2. The first kappa shape index (κ1) is 5.68. The lowest BCUT2D eigenvalue weighted by atomic mass is 10.1. The van der Waals surface area contributed by atoms with Gasteiger partial charge in [-0.25, -0.2) is 0 Å². The second-order valence-electron chi connectivity index (χ2n) is 3.80. The molecular weight excluding hydrogens is 234 g/mol. The van der Waals surface area contributed by atoms with Gasteiger partial charge in [-0.2, -0.15) is 0 Å². The first-order valence-corrected chi connectivity index (χ1v) is 5.76. The summed E-state index contributed by atoms with van der Waals surface area (Å²) in [5, 5.41) is 1.68. The Morgan fingerprint density at radius 3 is 2.74 bits per heavy atom. The quantitative estimate of drug-likeness (QED) is 0.859. The molecule has 100 valence electrons. The van der Waals surface area contributed by atoms with Gasteiger partial charge in [0.25, 0.3) is 0 Å². The molecule has 19 heavy (non-hydrogen) atoms. The van der Waals surface area contributed by atoms with Crippen molar-refractivity contribution in [2.24, 2.45) is 0 Å².